The van der Waals surface area contributed by atoms with Crippen LogP contribution in [0.4, 0.5) is 11.5 Å². The summed E-state index contributed by atoms with van der Waals surface area (Å²) >= 11 is 2.93. The van der Waals surface area contributed by atoms with Gasteiger partial charge in [-0.05, 0) is 17.7 Å². The SMILES string of the molecule is Nc1cc(=O)[nH]c(SCC(=O)N2c3ccccc3SC[C@H]2c2ccccc2)n1. The van der Waals surface area contributed by atoms with Crippen molar-refractivity contribution in [3.63, 3.8) is 0 Å². The normalized spacial score (nSPS) is 15.9. The maximum absolute atomic E-state index is 13.2. The van der Waals surface area contributed by atoms with E-state index in [1.54, 1.807) is 11.8 Å². The minimum absolute atomic E-state index is 0.0447. The molecule has 3 aromatic rings. The fraction of sp³-hybridized carbons (Fsp3) is 0.150. The summed E-state index contributed by atoms with van der Waals surface area (Å²) in [5, 5.41) is 0.342. The number of hydrogen-bond acceptors (Lipinski definition) is 6. The number of anilines is 2. The molecule has 0 saturated carbocycles. The average molecular weight is 411 g/mol. The highest BCUT2D eigenvalue weighted by Crippen LogP contribution is 2.43. The number of benzene rings is 2. The van der Waals surface area contributed by atoms with Gasteiger partial charge >= 0.3 is 0 Å². The Morgan fingerprint density at radius 2 is 1.96 bits per heavy atom. The molecule has 1 atom stereocenters. The third kappa shape index (κ3) is 3.93. The largest absolute Gasteiger partial charge is 0.383 e. The highest BCUT2D eigenvalue weighted by atomic mass is 32.2. The van der Waals surface area contributed by atoms with Crippen LogP contribution >= 0.6 is 23.5 Å². The van der Waals surface area contributed by atoms with Crippen LogP contribution in [0.2, 0.25) is 0 Å². The Balaban J connectivity index is 1.62. The second-order valence-corrected chi connectivity index (χ2v) is 8.26. The molecule has 1 aromatic heterocycles. The Morgan fingerprint density at radius 1 is 1.21 bits per heavy atom. The summed E-state index contributed by atoms with van der Waals surface area (Å²) < 4.78 is 0. The highest BCUT2D eigenvalue weighted by molar-refractivity contribution is 8.00. The summed E-state index contributed by atoms with van der Waals surface area (Å²) in [6.45, 7) is 0. The highest BCUT2D eigenvalue weighted by Gasteiger charge is 2.32. The van der Waals surface area contributed by atoms with E-state index in [2.05, 4.69) is 9.97 Å². The van der Waals surface area contributed by atoms with Crippen molar-refractivity contribution in [1.29, 1.82) is 0 Å². The first-order valence-electron chi connectivity index (χ1n) is 8.70. The molecule has 0 unspecified atom stereocenters. The molecule has 0 fully saturated rings. The van der Waals surface area contributed by atoms with Crippen LogP contribution < -0.4 is 16.2 Å². The number of fused-ring (bicyclic) bond motifs is 1. The minimum Gasteiger partial charge on any atom is -0.383 e. The fourth-order valence-electron chi connectivity index (χ4n) is 3.14. The minimum atomic E-state index is -0.329. The molecule has 4 rings (SSSR count). The number of hydrogen-bond donors (Lipinski definition) is 2. The molecule has 3 N–H and O–H groups in total. The molecule has 1 aliphatic rings. The Kier molecular flexibility index (Phi) is 5.40. The second-order valence-electron chi connectivity index (χ2n) is 6.23. The lowest BCUT2D eigenvalue weighted by Gasteiger charge is -2.37. The Bertz CT molecular complexity index is 1060. The van der Waals surface area contributed by atoms with Crippen molar-refractivity contribution in [2.24, 2.45) is 0 Å². The van der Waals surface area contributed by atoms with Crippen molar-refractivity contribution in [3.05, 3.63) is 76.6 Å². The number of aromatic amines is 1. The monoisotopic (exact) mass is 410 g/mol. The first-order chi connectivity index (χ1) is 13.6. The second kappa shape index (κ2) is 8.12. The zero-order chi connectivity index (χ0) is 19.5. The lowest BCUT2D eigenvalue weighted by Crippen LogP contribution is -2.39. The number of para-hydroxylation sites is 1. The van der Waals surface area contributed by atoms with E-state index >= 15 is 0 Å². The summed E-state index contributed by atoms with van der Waals surface area (Å²) in [5.41, 5.74) is 7.30. The first kappa shape index (κ1) is 18.6. The van der Waals surface area contributed by atoms with Gasteiger partial charge in [0.2, 0.25) is 5.91 Å². The summed E-state index contributed by atoms with van der Waals surface area (Å²) in [5.74, 6) is 1.02. The van der Waals surface area contributed by atoms with Crippen molar-refractivity contribution < 1.29 is 4.79 Å². The molecule has 1 aliphatic heterocycles. The number of nitrogens with one attached hydrogen (secondary N) is 1. The molecule has 28 heavy (non-hydrogen) atoms. The number of H-pyrrole nitrogens is 1. The van der Waals surface area contributed by atoms with E-state index in [9.17, 15) is 9.59 Å². The third-order valence-corrected chi connectivity index (χ3v) is 6.36. The zero-order valence-electron chi connectivity index (χ0n) is 14.9. The summed E-state index contributed by atoms with van der Waals surface area (Å²) in [4.78, 5) is 34.4. The lowest BCUT2D eigenvalue weighted by molar-refractivity contribution is -0.116. The van der Waals surface area contributed by atoms with E-state index < -0.39 is 0 Å². The van der Waals surface area contributed by atoms with Crippen LogP contribution in [0.25, 0.3) is 0 Å². The average Bonchev–Trinajstić information content (AvgIpc) is 2.71. The van der Waals surface area contributed by atoms with Gasteiger partial charge in [-0.15, -0.1) is 11.8 Å². The Hall–Kier alpha value is -2.71. The molecule has 1 amide bonds. The summed E-state index contributed by atoms with van der Waals surface area (Å²) in [6.07, 6.45) is 0. The Labute approximate surface area is 170 Å². The van der Waals surface area contributed by atoms with Crippen LogP contribution in [-0.2, 0) is 4.79 Å². The van der Waals surface area contributed by atoms with Gasteiger partial charge in [0, 0.05) is 16.7 Å². The number of carbonyl (C=O) groups excluding carboxylic acids is 1. The van der Waals surface area contributed by atoms with Crippen molar-refractivity contribution >= 4 is 40.9 Å². The van der Waals surface area contributed by atoms with Gasteiger partial charge < -0.3 is 15.6 Å². The van der Waals surface area contributed by atoms with Gasteiger partial charge in [-0.2, -0.15) is 0 Å². The molecule has 8 heteroatoms. The maximum atomic E-state index is 13.2. The van der Waals surface area contributed by atoms with Crippen LogP contribution in [-0.4, -0.2) is 27.4 Å². The van der Waals surface area contributed by atoms with Gasteiger partial charge in [-0.3, -0.25) is 9.59 Å². The van der Waals surface area contributed by atoms with E-state index in [0.29, 0.717) is 5.16 Å². The van der Waals surface area contributed by atoms with Crippen molar-refractivity contribution in [3.8, 4) is 0 Å². The molecule has 0 aliphatic carbocycles. The number of aromatic nitrogens is 2. The predicted octanol–water partition coefficient (Wildman–Crippen LogP) is 3.32. The maximum Gasteiger partial charge on any atom is 0.253 e. The number of thioether (sulfide) groups is 2. The first-order valence-corrected chi connectivity index (χ1v) is 10.7. The summed E-state index contributed by atoms with van der Waals surface area (Å²) in [6, 6.07) is 19.1. The van der Waals surface area contributed by atoms with E-state index in [-0.39, 0.29) is 29.1 Å². The van der Waals surface area contributed by atoms with Crippen LogP contribution in [0.3, 0.4) is 0 Å². The zero-order valence-corrected chi connectivity index (χ0v) is 16.5. The van der Waals surface area contributed by atoms with E-state index in [4.69, 9.17) is 5.73 Å². The van der Waals surface area contributed by atoms with Crippen LogP contribution in [0.1, 0.15) is 11.6 Å². The van der Waals surface area contributed by atoms with Gasteiger partial charge in [0.1, 0.15) is 5.82 Å². The standard InChI is InChI=1S/C20H18N4O2S2/c21-17-10-18(25)23-20(22-17)28-12-19(26)24-14-8-4-5-9-16(14)27-11-15(24)13-6-2-1-3-7-13/h1-10,15H,11-12H2,(H3,21,22,23,25)/t15-/m0/s1. The molecule has 142 valence electrons. The van der Waals surface area contributed by atoms with Gasteiger partial charge in [-0.25, -0.2) is 4.98 Å². The number of nitrogens with two attached hydrogens (primary N) is 1. The van der Waals surface area contributed by atoms with Crippen LogP contribution in [0.15, 0.2) is 75.5 Å². The molecule has 0 spiro atoms. The van der Waals surface area contributed by atoms with Gasteiger partial charge in [0.25, 0.3) is 5.56 Å². The molecule has 2 heterocycles. The molecule has 0 bridgehead atoms. The molecule has 0 saturated heterocycles. The molecular formula is C20H18N4O2S2. The van der Waals surface area contributed by atoms with E-state index in [0.717, 1.165) is 21.9 Å². The molecule has 2 aromatic carbocycles. The molecular weight excluding hydrogens is 392 g/mol. The van der Waals surface area contributed by atoms with Gasteiger partial charge in [-0.1, -0.05) is 54.2 Å². The van der Waals surface area contributed by atoms with Gasteiger partial charge in [0.15, 0.2) is 5.16 Å². The number of nitrogens with zero attached hydrogens (tertiary/aromatic N) is 2. The van der Waals surface area contributed by atoms with E-state index in [1.165, 1.54) is 17.8 Å². The number of carbonyl (C=O) groups is 1. The fourth-order valence-corrected chi connectivity index (χ4v) is 5.05. The van der Waals surface area contributed by atoms with Crippen molar-refractivity contribution in [2.75, 3.05) is 22.1 Å². The number of nitrogen functional groups attached to an aromatic ring is 1. The van der Waals surface area contributed by atoms with Gasteiger partial charge in [0.05, 0.1) is 17.5 Å². The lowest BCUT2D eigenvalue weighted by atomic mass is 10.1. The third-order valence-electron chi connectivity index (χ3n) is 4.36. The molecule has 6 nitrogen and oxygen atoms in total. The number of rotatable bonds is 4. The Morgan fingerprint density at radius 3 is 2.75 bits per heavy atom. The van der Waals surface area contributed by atoms with E-state index in [1.807, 2.05) is 59.5 Å². The molecule has 0 radical (unpaired) electrons. The van der Waals surface area contributed by atoms with Crippen molar-refractivity contribution in [1.82, 2.24) is 9.97 Å². The predicted molar refractivity (Wildman–Crippen MR) is 114 cm³/mol. The van der Waals surface area contributed by atoms with Crippen molar-refractivity contribution in [2.45, 2.75) is 16.1 Å². The smallest absolute Gasteiger partial charge is 0.253 e. The quantitative estimate of drug-likeness (QED) is 0.506. The van der Waals surface area contributed by atoms with Crippen LogP contribution in [0, 0.1) is 0 Å². The van der Waals surface area contributed by atoms with Crippen LogP contribution in [0.5, 0.6) is 0 Å². The summed E-state index contributed by atoms with van der Waals surface area (Å²) in [7, 11) is 0. The number of amides is 1. The topological polar surface area (TPSA) is 92.1 Å².